The molecule has 0 aliphatic rings. The monoisotopic (exact) mass is 339 g/mol. The minimum Gasteiger partial charge on any atom is -0.480 e. The lowest BCUT2D eigenvalue weighted by molar-refractivity contribution is -0.140. The van der Waals surface area contributed by atoms with Crippen LogP contribution in [-0.4, -0.2) is 17.1 Å². The second-order valence-corrected chi connectivity index (χ2v) is 5.31. The van der Waals surface area contributed by atoms with E-state index in [0.29, 0.717) is 4.47 Å². The van der Waals surface area contributed by atoms with Gasteiger partial charge in [0.15, 0.2) is 0 Å². The zero-order valence-electron chi connectivity index (χ0n) is 10.3. The highest BCUT2D eigenvalue weighted by molar-refractivity contribution is 9.10. The lowest BCUT2D eigenvalue weighted by atomic mass is 10.0. The van der Waals surface area contributed by atoms with Gasteiger partial charge in [0.1, 0.15) is 6.04 Å². The van der Waals surface area contributed by atoms with Crippen LogP contribution in [0.2, 0.25) is 0 Å². The molecule has 1 rings (SSSR count). The molecular weight excluding hydrogens is 327 g/mol. The number of carboxylic acids is 1. The van der Waals surface area contributed by atoms with E-state index in [0.717, 1.165) is 6.07 Å². The van der Waals surface area contributed by atoms with Crippen molar-refractivity contribution in [3.8, 4) is 0 Å². The van der Waals surface area contributed by atoms with E-state index in [1.165, 1.54) is 12.1 Å². The van der Waals surface area contributed by atoms with Crippen molar-refractivity contribution in [2.75, 3.05) is 5.32 Å². The lowest BCUT2D eigenvalue weighted by Crippen LogP contribution is -2.35. The molecule has 0 amide bonds. The molecule has 0 aliphatic heterocycles. The van der Waals surface area contributed by atoms with Gasteiger partial charge in [-0.15, -0.1) is 0 Å². The van der Waals surface area contributed by atoms with E-state index in [4.69, 9.17) is 5.11 Å². The van der Waals surface area contributed by atoms with Gasteiger partial charge in [0.25, 0.3) is 0 Å². The third kappa shape index (κ3) is 4.12. The first-order valence-electron chi connectivity index (χ1n) is 5.49. The van der Waals surface area contributed by atoms with E-state index < -0.39 is 23.8 Å². The quantitative estimate of drug-likeness (QED) is 0.871. The number of carboxylic acid groups (broad SMARTS) is 1. The van der Waals surface area contributed by atoms with E-state index in [1.54, 1.807) is 13.8 Å². The van der Waals surface area contributed by atoms with Gasteiger partial charge in [0.2, 0.25) is 0 Å². The van der Waals surface area contributed by atoms with Gasteiger partial charge in [0, 0.05) is 10.2 Å². The first-order valence-corrected chi connectivity index (χ1v) is 6.28. The van der Waals surface area contributed by atoms with E-state index in [-0.39, 0.29) is 11.6 Å². The highest BCUT2D eigenvalue weighted by atomic mass is 79.9. The molecule has 1 aromatic carbocycles. The number of carbonyl (C=O) groups is 1. The van der Waals surface area contributed by atoms with Crippen LogP contribution >= 0.6 is 15.9 Å². The van der Waals surface area contributed by atoms with Crippen LogP contribution in [0.25, 0.3) is 0 Å². The summed E-state index contributed by atoms with van der Waals surface area (Å²) >= 11 is 3.07. The number of hydrogen-bond donors (Lipinski definition) is 2. The molecule has 0 heterocycles. The largest absolute Gasteiger partial charge is 0.480 e. The highest BCUT2D eigenvalue weighted by Gasteiger charge is 2.35. The number of anilines is 1. The molecule has 1 atom stereocenters. The first kappa shape index (κ1) is 15.8. The Morgan fingerprint density at radius 3 is 2.37 bits per heavy atom. The van der Waals surface area contributed by atoms with Crippen molar-refractivity contribution < 1.29 is 23.1 Å². The van der Waals surface area contributed by atoms with Gasteiger partial charge < -0.3 is 10.4 Å². The van der Waals surface area contributed by atoms with E-state index in [2.05, 4.69) is 21.2 Å². The van der Waals surface area contributed by atoms with Crippen molar-refractivity contribution in [1.82, 2.24) is 0 Å². The Bertz CT molecular complexity index is 475. The van der Waals surface area contributed by atoms with Gasteiger partial charge in [0.05, 0.1) is 5.56 Å². The van der Waals surface area contributed by atoms with Crippen LogP contribution in [0.5, 0.6) is 0 Å². The Morgan fingerprint density at radius 2 is 1.95 bits per heavy atom. The molecule has 2 N–H and O–H groups in total. The normalized spacial score (nSPS) is 13.4. The molecule has 0 fully saturated rings. The molecule has 1 unspecified atom stereocenters. The van der Waals surface area contributed by atoms with Gasteiger partial charge >= 0.3 is 12.1 Å². The summed E-state index contributed by atoms with van der Waals surface area (Å²) < 4.78 is 38.9. The topological polar surface area (TPSA) is 49.3 Å². The molecule has 106 valence electrons. The number of benzene rings is 1. The second kappa shape index (κ2) is 5.81. The zero-order valence-corrected chi connectivity index (χ0v) is 11.8. The van der Waals surface area contributed by atoms with Crippen LogP contribution in [0.4, 0.5) is 18.9 Å². The first-order chi connectivity index (χ1) is 8.62. The number of alkyl halides is 3. The summed E-state index contributed by atoms with van der Waals surface area (Å²) in [5.41, 5.74) is -1.13. The summed E-state index contributed by atoms with van der Waals surface area (Å²) in [4.78, 5) is 11.0. The fourth-order valence-corrected chi connectivity index (χ4v) is 1.93. The minimum atomic E-state index is -4.54. The molecule has 19 heavy (non-hydrogen) atoms. The Hall–Kier alpha value is -1.24. The van der Waals surface area contributed by atoms with E-state index >= 15 is 0 Å². The SMILES string of the molecule is CC(C)C(Nc1cc(Br)ccc1C(F)(F)F)C(=O)O. The molecule has 7 heteroatoms. The Labute approximate surface area is 116 Å². The van der Waals surface area contributed by atoms with Crippen molar-refractivity contribution in [3.63, 3.8) is 0 Å². The summed E-state index contributed by atoms with van der Waals surface area (Å²) in [6.07, 6.45) is -4.54. The number of halogens is 4. The van der Waals surface area contributed by atoms with Crippen molar-refractivity contribution in [2.45, 2.75) is 26.1 Å². The molecule has 0 radical (unpaired) electrons. The predicted molar refractivity (Wildman–Crippen MR) is 69.0 cm³/mol. The fourth-order valence-electron chi connectivity index (χ4n) is 1.56. The van der Waals surface area contributed by atoms with Crippen LogP contribution in [-0.2, 0) is 11.0 Å². The average molecular weight is 340 g/mol. The summed E-state index contributed by atoms with van der Waals surface area (Å²) in [6, 6.07) is 2.31. The van der Waals surface area contributed by atoms with Crippen molar-refractivity contribution in [1.29, 1.82) is 0 Å². The molecular formula is C12H13BrF3NO2. The molecule has 0 aliphatic carbocycles. The molecule has 0 saturated heterocycles. The Balaban J connectivity index is 3.18. The van der Waals surface area contributed by atoms with E-state index in [1.807, 2.05) is 0 Å². The molecule has 3 nitrogen and oxygen atoms in total. The van der Waals surface area contributed by atoms with Crippen LogP contribution in [0.1, 0.15) is 19.4 Å². The highest BCUT2D eigenvalue weighted by Crippen LogP contribution is 2.36. The predicted octanol–water partition coefficient (Wildman–Crippen LogP) is 3.99. The standard InChI is InChI=1S/C12H13BrF3NO2/c1-6(2)10(11(18)19)17-9-5-7(13)3-4-8(9)12(14,15)16/h3-6,10,17H,1-2H3,(H,18,19). The maximum Gasteiger partial charge on any atom is 0.418 e. The zero-order chi connectivity index (χ0) is 14.8. The van der Waals surface area contributed by atoms with Gasteiger partial charge in [-0.25, -0.2) is 4.79 Å². The molecule has 0 bridgehead atoms. The third-order valence-electron chi connectivity index (χ3n) is 2.53. The lowest BCUT2D eigenvalue weighted by Gasteiger charge is -2.22. The second-order valence-electron chi connectivity index (χ2n) is 4.39. The number of rotatable bonds is 4. The number of hydrogen-bond acceptors (Lipinski definition) is 2. The number of aliphatic carboxylic acids is 1. The summed E-state index contributed by atoms with van der Waals surface area (Å²) in [7, 11) is 0. The Morgan fingerprint density at radius 1 is 1.37 bits per heavy atom. The van der Waals surface area contributed by atoms with Crippen LogP contribution in [0, 0.1) is 5.92 Å². The van der Waals surface area contributed by atoms with Crippen molar-refractivity contribution in [2.24, 2.45) is 5.92 Å². The van der Waals surface area contributed by atoms with Gasteiger partial charge in [-0.2, -0.15) is 13.2 Å². The maximum atomic E-state index is 12.8. The molecule has 0 aromatic heterocycles. The maximum absolute atomic E-state index is 12.8. The van der Waals surface area contributed by atoms with Crippen LogP contribution in [0.15, 0.2) is 22.7 Å². The molecule has 1 aromatic rings. The summed E-state index contributed by atoms with van der Waals surface area (Å²) in [6.45, 7) is 3.24. The third-order valence-corrected chi connectivity index (χ3v) is 3.02. The fraction of sp³-hybridized carbons (Fsp3) is 0.417. The molecule has 0 saturated carbocycles. The van der Waals surface area contributed by atoms with Crippen molar-refractivity contribution >= 4 is 27.6 Å². The summed E-state index contributed by atoms with van der Waals surface area (Å²) in [5, 5.41) is 11.5. The van der Waals surface area contributed by atoms with E-state index in [9.17, 15) is 18.0 Å². The van der Waals surface area contributed by atoms with Crippen LogP contribution in [0.3, 0.4) is 0 Å². The van der Waals surface area contributed by atoms with Crippen LogP contribution < -0.4 is 5.32 Å². The minimum absolute atomic E-state index is 0.247. The molecule has 0 spiro atoms. The van der Waals surface area contributed by atoms with Crippen molar-refractivity contribution in [3.05, 3.63) is 28.2 Å². The van der Waals surface area contributed by atoms with Gasteiger partial charge in [-0.1, -0.05) is 29.8 Å². The van der Waals surface area contributed by atoms with Gasteiger partial charge in [-0.3, -0.25) is 0 Å². The Kier molecular flexibility index (Phi) is 4.84. The number of nitrogens with one attached hydrogen (secondary N) is 1. The van der Waals surface area contributed by atoms with Gasteiger partial charge in [-0.05, 0) is 24.1 Å². The summed E-state index contributed by atoms with van der Waals surface area (Å²) in [5.74, 6) is -1.54. The average Bonchev–Trinajstić information content (AvgIpc) is 2.23. The smallest absolute Gasteiger partial charge is 0.418 e.